The maximum Gasteiger partial charge on any atom is 0.192 e. The van der Waals surface area contributed by atoms with Gasteiger partial charge in [-0.05, 0) is 74.8 Å². The van der Waals surface area contributed by atoms with Crippen molar-refractivity contribution >= 4 is 33.8 Å². The van der Waals surface area contributed by atoms with Crippen molar-refractivity contribution in [1.82, 2.24) is 9.97 Å². The van der Waals surface area contributed by atoms with Crippen LogP contribution in [0.5, 0.6) is 5.75 Å². The number of fused-ring (bicyclic) bond motifs is 3. The van der Waals surface area contributed by atoms with Gasteiger partial charge >= 0.3 is 0 Å². The minimum Gasteiger partial charge on any atom is -0.506 e. The monoisotopic (exact) mass is 780 g/mol. The molecule has 0 radical (unpaired) electrons. The number of phenols is 1. The van der Waals surface area contributed by atoms with Crippen LogP contribution in [0.3, 0.4) is 0 Å². The summed E-state index contributed by atoms with van der Waals surface area (Å²) in [5, 5.41) is 11.8. The van der Waals surface area contributed by atoms with Crippen LogP contribution < -0.4 is 4.90 Å². The van der Waals surface area contributed by atoms with Crippen LogP contribution in [0, 0.1) is 12.6 Å². The van der Waals surface area contributed by atoms with Gasteiger partial charge in [-0.3, -0.25) is 4.98 Å². The number of benzene rings is 4. The van der Waals surface area contributed by atoms with Crippen LogP contribution in [0.4, 0.5) is 22.9 Å². The van der Waals surface area contributed by atoms with E-state index in [4.69, 9.17) is 11.6 Å². The van der Waals surface area contributed by atoms with E-state index in [1.807, 2.05) is 30.3 Å². The van der Waals surface area contributed by atoms with E-state index in [0.29, 0.717) is 22.7 Å². The Morgan fingerprint density at radius 1 is 0.870 bits per heavy atom. The summed E-state index contributed by atoms with van der Waals surface area (Å²) >= 11 is 0. The Kier molecular flexibility index (Phi) is 7.83. The molecule has 0 spiro atoms. The maximum absolute atomic E-state index is 11.0. The topological polar surface area (TPSA) is 53.6 Å². The first-order valence-corrected chi connectivity index (χ1v) is 15.1. The number of nitrogens with zero attached hydrogens (tertiary/aromatic N) is 4. The Bertz CT molecular complexity index is 2160. The van der Waals surface area contributed by atoms with Crippen molar-refractivity contribution < 1.29 is 26.2 Å². The van der Waals surface area contributed by atoms with Crippen molar-refractivity contribution in [3.05, 3.63) is 137 Å². The molecule has 3 heterocycles. The fourth-order valence-electron chi connectivity index (χ4n) is 6.37. The fraction of sp³-hybridized carbons (Fsp3) is 0.175. The molecular weight excluding hydrogens is 748 g/mol. The largest absolute Gasteiger partial charge is 0.506 e. The fourth-order valence-corrected chi connectivity index (χ4v) is 6.37. The van der Waals surface area contributed by atoms with E-state index in [0.717, 1.165) is 39.0 Å². The first-order chi connectivity index (χ1) is 21.6. The van der Waals surface area contributed by atoms with E-state index < -0.39 is 0 Å². The van der Waals surface area contributed by atoms with Crippen molar-refractivity contribution in [2.24, 2.45) is 0 Å². The number of rotatable bonds is 3. The molecule has 0 aliphatic carbocycles. The normalized spacial score (nSPS) is 13.3. The van der Waals surface area contributed by atoms with Gasteiger partial charge in [0.1, 0.15) is 17.1 Å². The number of hydrogen-bond donors (Lipinski definition) is 1. The third kappa shape index (κ3) is 5.17. The first-order valence-electron chi connectivity index (χ1n) is 15.1. The van der Waals surface area contributed by atoms with E-state index in [1.54, 1.807) is 18.3 Å². The van der Waals surface area contributed by atoms with Crippen LogP contribution in [0.1, 0.15) is 51.3 Å². The molecule has 5 nitrogen and oxygen atoms in total. The van der Waals surface area contributed by atoms with Gasteiger partial charge in [-0.25, -0.2) is 9.83 Å². The molecular formula is C40H33N4OPt-. The van der Waals surface area contributed by atoms with E-state index in [9.17, 15) is 5.11 Å². The number of anilines is 3. The van der Waals surface area contributed by atoms with Crippen molar-refractivity contribution in [3.63, 3.8) is 0 Å². The van der Waals surface area contributed by atoms with Crippen molar-refractivity contribution in [2.45, 2.75) is 45.4 Å². The second-order valence-electron chi connectivity index (χ2n) is 13.1. The average Bonchev–Trinajstić information content (AvgIpc) is 3.04. The van der Waals surface area contributed by atoms with E-state index in [1.165, 1.54) is 11.1 Å². The van der Waals surface area contributed by atoms with Gasteiger partial charge in [0.25, 0.3) is 0 Å². The summed E-state index contributed by atoms with van der Waals surface area (Å²) in [6.07, 6.45) is 1.68. The molecule has 0 fully saturated rings. The third-order valence-corrected chi connectivity index (χ3v) is 8.90. The molecule has 6 aromatic rings. The first kappa shape index (κ1) is 31.2. The zero-order chi connectivity index (χ0) is 31.5. The minimum absolute atomic E-state index is 0. The molecule has 0 saturated heterocycles. The molecule has 0 bridgehead atoms. The molecule has 46 heavy (non-hydrogen) atoms. The van der Waals surface area contributed by atoms with Gasteiger partial charge in [0.2, 0.25) is 0 Å². The quantitative estimate of drug-likeness (QED) is 0.182. The van der Waals surface area contributed by atoms with Crippen LogP contribution in [-0.4, -0.2) is 15.1 Å². The molecule has 4 aromatic carbocycles. The number of hydrogen-bond acceptors (Lipinski definition) is 4. The second kappa shape index (κ2) is 11.5. The summed E-state index contributed by atoms with van der Waals surface area (Å²) in [7, 11) is 0. The number of phenolic OH excluding ortho intramolecular Hbond substituents is 1. The van der Waals surface area contributed by atoms with E-state index >= 15 is 0 Å². The zero-order valence-corrected chi connectivity index (χ0v) is 28.6. The second-order valence-corrected chi connectivity index (χ2v) is 13.1. The number of pyridine rings is 2. The summed E-state index contributed by atoms with van der Waals surface area (Å²) in [6, 6.07) is 36.1. The number of para-hydroxylation sites is 1. The van der Waals surface area contributed by atoms with Gasteiger partial charge in [0.15, 0.2) is 5.69 Å². The van der Waals surface area contributed by atoms with Crippen molar-refractivity contribution in [1.29, 1.82) is 0 Å². The predicted molar refractivity (Wildman–Crippen MR) is 183 cm³/mol. The summed E-state index contributed by atoms with van der Waals surface area (Å²) in [6.45, 7) is 18.7. The standard InChI is InChI=1S/C40H33N4O.Pt/c1-39(2,3)27-14-11-25(12-15-27)29-17-20-36(45)38-30(29)16-19-33(43-38)26-13-18-32-35(23-26)44(37-24-28(41-6)21-22-42-37)34-10-8-7-9-31(34)40(32,4)5;/h7-22,24,45H,1-5H3;/q-1;. The maximum atomic E-state index is 11.0. The molecule has 1 aliphatic rings. The summed E-state index contributed by atoms with van der Waals surface area (Å²) in [5.74, 6) is 0.795. The van der Waals surface area contributed by atoms with Gasteiger partial charge in [-0.15, -0.1) is 23.8 Å². The Balaban J connectivity index is 0.00000372. The van der Waals surface area contributed by atoms with Gasteiger partial charge in [-0.2, -0.15) is 0 Å². The minimum atomic E-state index is -0.290. The zero-order valence-electron chi connectivity index (χ0n) is 26.4. The van der Waals surface area contributed by atoms with Crippen molar-refractivity contribution in [2.75, 3.05) is 4.90 Å². The summed E-state index contributed by atoms with van der Waals surface area (Å²) < 4.78 is 0. The van der Waals surface area contributed by atoms with Crippen LogP contribution in [-0.2, 0) is 31.9 Å². The summed E-state index contributed by atoms with van der Waals surface area (Å²) in [5.41, 5.74) is 9.87. The Morgan fingerprint density at radius 3 is 2.37 bits per heavy atom. The Hall–Kier alpha value is -4.78. The molecule has 230 valence electrons. The molecule has 0 amide bonds. The Morgan fingerprint density at radius 2 is 1.63 bits per heavy atom. The third-order valence-electron chi connectivity index (χ3n) is 8.90. The number of aromatic hydroxyl groups is 1. The molecule has 6 heteroatoms. The Labute approximate surface area is 284 Å². The SMILES string of the molecule is [C-]#[N+]c1ccnc(N2c3[c-]c(-c4ccc5c(-c6ccc(C(C)(C)C)cc6)ccc(O)c5n4)ccc3C(C)(C)c3ccccc32)c1.[Pt]. The smallest absolute Gasteiger partial charge is 0.192 e. The van der Waals surface area contributed by atoms with Crippen molar-refractivity contribution in [3.8, 4) is 28.1 Å². The van der Waals surface area contributed by atoms with Gasteiger partial charge in [0.05, 0.1) is 6.57 Å². The molecule has 1 N–H and O–H groups in total. The van der Waals surface area contributed by atoms with Crippen LogP contribution in [0.15, 0.2) is 103 Å². The van der Waals surface area contributed by atoms with E-state index in [-0.39, 0.29) is 37.6 Å². The molecule has 2 aromatic heterocycles. The molecule has 0 saturated carbocycles. The average molecular weight is 781 g/mol. The van der Waals surface area contributed by atoms with Crippen LogP contribution in [0.2, 0.25) is 0 Å². The molecule has 1 aliphatic heterocycles. The van der Waals surface area contributed by atoms with Crippen LogP contribution >= 0.6 is 0 Å². The summed E-state index contributed by atoms with van der Waals surface area (Å²) in [4.78, 5) is 15.4. The predicted octanol–water partition coefficient (Wildman–Crippen LogP) is 10.4. The number of aromatic nitrogens is 2. The molecule has 0 atom stereocenters. The van der Waals surface area contributed by atoms with E-state index in [2.05, 4.69) is 110 Å². The molecule has 7 rings (SSSR count). The van der Waals surface area contributed by atoms with Gasteiger partial charge in [0, 0.05) is 38.3 Å². The van der Waals surface area contributed by atoms with Gasteiger partial charge < -0.3 is 10.0 Å². The van der Waals surface area contributed by atoms with Crippen LogP contribution in [0.25, 0.3) is 38.1 Å². The van der Waals surface area contributed by atoms with Gasteiger partial charge in [-0.1, -0.05) is 94.8 Å². The molecule has 0 unspecified atom stereocenters.